The predicted molar refractivity (Wildman–Crippen MR) is 73.6 cm³/mol. The molecule has 2 atom stereocenters. The maximum atomic E-state index is 4.27. The van der Waals surface area contributed by atoms with Gasteiger partial charge in [0.1, 0.15) is 5.82 Å². The molecule has 1 aliphatic carbocycles. The van der Waals surface area contributed by atoms with Crippen LogP contribution in [0.25, 0.3) is 0 Å². The van der Waals surface area contributed by atoms with Crippen molar-refractivity contribution in [3.63, 3.8) is 0 Å². The van der Waals surface area contributed by atoms with E-state index in [9.17, 15) is 0 Å². The van der Waals surface area contributed by atoms with Gasteiger partial charge in [0.25, 0.3) is 0 Å². The van der Waals surface area contributed by atoms with Crippen LogP contribution in [-0.2, 0) is 0 Å². The molecule has 2 unspecified atom stereocenters. The van der Waals surface area contributed by atoms with E-state index >= 15 is 0 Å². The van der Waals surface area contributed by atoms with Crippen molar-refractivity contribution < 1.29 is 0 Å². The molecular weight excluding hydrogens is 210 g/mol. The van der Waals surface area contributed by atoms with Crippen LogP contribution in [0.4, 0.5) is 11.5 Å². The lowest BCUT2D eigenvalue weighted by molar-refractivity contribution is 0.321. The molecule has 3 nitrogen and oxygen atoms in total. The second kappa shape index (κ2) is 5.39. The smallest absolute Gasteiger partial charge is 0.127 e. The standard InChI is InChI=1S/C14H23N3/c1-11-6-4-5-7-13(11)17(3)12-8-9-16-14(10-12)15-2/h8-11,13H,4-7H2,1-3H3,(H,15,16). The zero-order valence-corrected chi connectivity index (χ0v) is 11.1. The fraction of sp³-hybridized carbons (Fsp3) is 0.643. The van der Waals surface area contributed by atoms with Crippen LogP contribution in [0.15, 0.2) is 18.3 Å². The maximum Gasteiger partial charge on any atom is 0.127 e. The van der Waals surface area contributed by atoms with Gasteiger partial charge in [0.2, 0.25) is 0 Å². The number of hydrogen-bond donors (Lipinski definition) is 1. The highest BCUT2D eigenvalue weighted by atomic mass is 15.1. The highest BCUT2D eigenvalue weighted by molar-refractivity contribution is 5.53. The van der Waals surface area contributed by atoms with Crippen molar-refractivity contribution >= 4 is 11.5 Å². The van der Waals surface area contributed by atoms with Gasteiger partial charge in [-0.15, -0.1) is 0 Å². The summed E-state index contributed by atoms with van der Waals surface area (Å²) < 4.78 is 0. The average Bonchev–Trinajstić information content (AvgIpc) is 2.38. The minimum absolute atomic E-state index is 0.677. The van der Waals surface area contributed by atoms with Crippen molar-refractivity contribution in [3.8, 4) is 0 Å². The Bertz CT molecular complexity index is 364. The van der Waals surface area contributed by atoms with Crippen molar-refractivity contribution in [2.24, 2.45) is 5.92 Å². The van der Waals surface area contributed by atoms with Crippen molar-refractivity contribution in [1.29, 1.82) is 0 Å². The molecule has 1 aromatic heterocycles. The summed E-state index contributed by atoms with van der Waals surface area (Å²) in [5.74, 6) is 1.73. The molecule has 3 heteroatoms. The third kappa shape index (κ3) is 2.71. The Kier molecular flexibility index (Phi) is 3.87. The largest absolute Gasteiger partial charge is 0.373 e. The van der Waals surface area contributed by atoms with E-state index in [1.807, 2.05) is 13.2 Å². The molecule has 1 N–H and O–H groups in total. The highest BCUT2D eigenvalue weighted by Gasteiger charge is 2.25. The van der Waals surface area contributed by atoms with Crippen molar-refractivity contribution in [1.82, 2.24) is 4.98 Å². The normalized spacial score (nSPS) is 24.4. The van der Waals surface area contributed by atoms with Crippen LogP contribution in [-0.4, -0.2) is 25.1 Å². The van der Waals surface area contributed by atoms with Crippen LogP contribution in [0.5, 0.6) is 0 Å². The molecule has 0 aromatic carbocycles. The number of aromatic nitrogens is 1. The summed E-state index contributed by atoms with van der Waals surface area (Å²) in [5, 5.41) is 3.10. The number of pyridine rings is 1. The van der Waals surface area contributed by atoms with Crippen LogP contribution in [0.3, 0.4) is 0 Å². The first-order chi connectivity index (χ1) is 8.22. The van der Waals surface area contributed by atoms with E-state index in [1.165, 1.54) is 31.4 Å². The molecule has 1 aliphatic rings. The fourth-order valence-electron chi connectivity index (χ4n) is 2.84. The Labute approximate surface area is 104 Å². The molecule has 1 fully saturated rings. The van der Waals surface area contributed by atoms with Gasteiger partial charge >= 0.3 is 0 Å². The van der Waals surface area contributed by atoms with Gasteiger partial charge in [0.05, 0.1) is 0 Å². The van der Waals surface area contributed by atoms with Crippen molar-refractivity contribution in [2.45, 2.75) is 38.6 Å². The average molecular weight is 233 g/mol. The second-order valence-electron chi connectivity index (χ2n) is 5.09. The van der Waals surface area contributed by atoms with Crippen LogP contribution in [0.2, 0.25) is 0 Å². The molecule has 2 rings (SSSR count). The highest BCUT2D eigenvalue weighted by Crippen LogP contribution is 2.30. The fourth-order valence-corrected chi connectivity index (χ4v) is 2.84. The summed E-state index contributed by atoms with van der Waals surface area (Å²) in [5.41, 5.74) is 1.27. The first-order valence-electron chi connectivity index (χ1n) is 6.59. The van der Waals surface area contributed by atoms with E-state index in [0.29, 0.717) is 6.04 Å². The minimum Gasteiger partial charge on any atom is -0.373 e. The molecule has 94 valence electrons. The molecule has 1 heterocycles. The molecule has 1 saturated carbocycles. The lowest BCUT2D eigenvalue weighted by Gasteiger charge is -2.37. The number of nitrogens with one attached hydrogen (secondary N) is 1. The lowest BCUT2D eigenvalue weighted by atomic mass is 9.85. The molecule has 0 saturated heterocycles. The van der Waals surface area contributed by atoms with E-state index < -0.39 is 0 Å². The van der Waals surface area contributed by atoms with Gasteiger partial charge < -0.3 is 10.2 Å². The Hall–Kier alpha value is -1.25. The van der Waals surface area contributed by atoms with Gasteiger partial charge in [-0.3, -0.25) is 0 Å². The molecular formula is C14H23N3. The van der Waals surface area contributed by atoms with Gasteiger partial charge in [0, 0.05) is 38.1 Å². The number of rotatable bonds is 3. The first-order valence-corrected chi connectivity index (χ1v) is 6.59. The Morgan fingerprint density at radius 1 is 1.35 bits per heavy atom. The summed E-state index contributed by atoms with van der Waals surface area (Å²) in [6.45, 7) is 2.38. The first kappa shape index (κ1) is 12.2. The van der Waals surface area contributed by atoms with Crippen LogP contribution in [0, 0.1) is 5.92 Å². The van der Waals surface area contributed by atoms with Gasteiger partial charge in [-0.25, -0.2) is 4.98 Å². The van der Waals surface area contributed by atoms with Gasteiger partial charge in [0.15, 0.2) is 0 Å². The summed E-state index contributed by atoms with van der Waals surface area (Å²) in [6, 6.07) is 4.90. The van der Waals surface area contributed by atoms with Crippen molar-refractivity contribution in [3.05, 3.63) is 18.3 Å². The molecule has 0 spiro atoms. The SMILES string of the molecule is CNc1cc(N(C)C2CCCCC2C)ccn1. The van der Waals surface area contributed by atoms with E-state index in [0.717, 1.165) is 11.7 Å². The number of nitrogens with zero attached hydrogens (tertiary/aromatic N) is 2. The van der Waals surface area contributed by atoms with Crippen LogP contribution in [0.1, 0.15) is 32.6 Å². The van der Waals surface area contributed by atoms with Gasteiger partial charge in [-0.2, -0.15) is 0 Å². The summed E-state index contributed by atoms with van der Waals surface area (Å²) in [4.78, 5) is 6.69. The monoisotopic (exact) mass is 233 g/mol. The summed E-state index contributed by atoms with van der Waals surface area (Å²) in [7, 11) is 4.12. The molecule has 0 bridgehead atoms. The number of hydrogen-bond acceptors (Lipinski definition) is 3. The van der Waals surface area contributed by atoms with Crippen molar-refractivity contribution in [2.75, 3.05) is 24.3 Å². The quantitative estimate of drug-likeness (QED) is 0.869. The Balaban J connectivity index is 2.14. The third-order valence-corrected chi connectivity index (χ3v) is 3.97. The van der Waals surface area contributed by atoms with Crippen LogP contribution < -0.4 is 10.2 Å². The maximum absolute atomic E-state index is 4.27. The van der Waals surface area contributed by atoms with E-state index in [4.69, 9.17) is 0 Å². The molecule has 17 heavy (non-hydrogen) atoms. The number of anilines is 2. The van der Waals surface area contributed by atoms with E-state index in [2.05, 4.69) is 41.3 Å². The van der Waals surface area contributed by atoms with Crippen LogP contribution >= 0.6 is 0 Å². The minimum atomic E-state index is 0.677. The second-order valence-corrected chi connectivity index (χ2v) is 5.09. The zero-order valence-electron chi connectivity index (χ0n) is 11.1. The predicted octanol–water partition coefficient (Wildman–Crippen LogP) is 3.14. The van der Waals surface area contributed by atoms with Gasteiger partial charge in [-0.1, -0.05) is 19.8 Å². The third-order valence-electron chi connectivity index (χ3n) is 3.97. The molecule has 0 radical (unpaired) electrons. The van der Waals surface area contributed by atoms with E-state index in [-0.39, 0.29) is 0 Å². The Morgan fingerprint density at radius 3 is 2.82 bits per heavy atom. The molecule has 0 aliphatic heterocycles. The van der Waals surface area contributed by atoms with Gasteiger partial charge in [-0.05, 0) is 24.8 Å². The van der Waals surface area contributed by atoms with E-state index in [1.54, 1.807) is 0 Å². The lowest BCUT2D eigenvalue weighted by Crippen LogP contribution is -2.39. The topological polar surface area (TPSA) is 28.2 Å². The summed E-state index contributed by atoms with van der Waals surface area (Å²) >= 11 is 0. The summed E-state index contributed by atoms with van der Waals surface area (Å²) in [6.07, 6.45) is 7.31. The molecule has 0 amide bonds. The molecule has 1 aromatic rings. The zero-order chi connectivity index (χ0) is 12.3. The Morgan fingerprint density at radius 2 is 2.12 bits per heavy atom.